The second kappa shape index (κ2) is 6.96. The number of sulfonamides is 1. The smallest absolute Gasteiger partial charge is 0.218 e. The second-order valence-electron chi connectivity index (χ2n) is 6.53. The largest absolute Gasteiger partial charge is 0.310 e. The minimum absolute atomic E-state index is 0. The maximum Gasteiger partial charge on any atom is 0.218 e. The number of hydrogen-bond donors (Lipinski definition) is 1. The molecule has 0 saturated carbocycles. The molecule has 0 aliphatic carbocycles. The Hall–Kier alpha value is -1.21. The van der Waals surface area contributed by atoms with Crippen molar-refractivity contribution < 1.29 is 8.42 Å². The Morgan fingerprint density at radius 3 is 2.79 bits per heavy atom. The quantitative estimate of drug-likeness (QED) is 0.904. The summed E-state index contributed by atoms with van der Waals surface area (Å²) in [4.78, 5) is 4.37. The maximum atomic E-state index is 12.9. The van der Waals surface area contributed by atoms with Gasteiger partial charge in [-0.2, -0.15) is 0 Å². The molecule has 2 aromatic rings. The van der Waals surface area contributed by atoms with Crippen molar-refractivity contribution in [2.24, 2.45) is 0 Å². The zero-order valence-electron chi connectivity index (χ0n) is 13.4. The van der Waals surface area contributed by atoms with E-state index in [4.69, 9.17) is 0 Å². The molecule has 2 fully saturated rings. The molecule has 1 N–H and O–H groups in total. The Morgan fingerprint density at radius 2 is 1.92 bits per heavy atom. The first-order valence-electron chi connectivity index (χ1n) is 8.18. The van der Waals surface area contributed by atoms with Crippen molar-refractivity contribution in [3.8, 4) is 0 Å². The van der Waals surface area contributed by atoms with Gasteiger partial charge >= 0.3 is 0 Å². The van der Waals surface area contributed by atoms with E-state index in [1.54, 1.807) is 10.5 Å². The van der Waals surface area contributed by atoms with Gasteiger partial charge in [0.2, 0.25) is 10.0 Å². The van der Waals surface area contributed by atoms with Gasteiger partial charge in [0.15, 0.2) is 0 Å². The molecule has 2 atom stereocenters. The number of para-hydroxylation sites is 1. The molecule has 0 amide bonds. The average Bonchev–Trinajstić information content (AvgIpc) is 2.86. The molecular formula is C17H22ClN3O2S. The molecular weight excluding hydrogens is 346 g/mol. The van der Waals surface area contributed by atoms with Gasteiger partial charge in [0.1, 0.15) is 0 Å². The monoisotopic (exact) mass is 367 g/mol. The molecule has 2 bridgehead atoms. The summed E-state index contributed by atoms with van der Waals surface area (Å²) in [5, 5.41) is 4.51. The number of nitrogens with one attached hydrogen (secondary N) is 1. The molecule has 7 heteroatoms. The fourth-order valence-corrected chi connectivity index (χ4v) is 5.33. The van der Waals surface area contributed by atoms with E-state index in [1.807, 2.05) is 30.3 Å². The standard InChI is InChI=1S/C17H21N3O2S.ClH/c21-23(22,20-10-8-15-6-7-16(11-20)19-15)12-14-4-1-3-13-5-2-9-18-17(13)14;/h1-5,9,15-16,19H,6-8,10-12H2;1H. The summed E-state index contributed by atoms with van der Waals surface area (Å²) in [6.45, 7) is 1.21. The summed E-state index contributed by atoms with van der Waals surface area (Å²) in [7, 11) is -3.32. The van der Waals surface area contributed by atoms with Gasteiger partial charge in [-0.1, -0.05) is 24.3 Å². The molecule has 130 valence electrons. The van der Waals surface area contributed by atoms with E-state index >= 15 is 0 Å². The zero-order chi connectivity index (χ0) is 15.9. The molecule has 0 radical (unpaired) electrons. The number of nitrogens with zero attached hydrogens (tertiary/aromatic N) is 2. The van der Waals surface area contributed by atoms with Crippen LogP contribution in [0.2, 0.25) is 0 Å². The molecule has 2 aliphatic rings. The van der Waals surface area contributed by atoms with Crippen LogP contribution in [0.4, 0.5) is 0 Å². The molecule has 1 aromatic heterocycles. The van der Waals surface area contributed by atoms with Gasteiger partial charge in [0.25, 0.3) is 0 Å². The van der Waals surface area contributed by atoms with Crippen LogP contribution < -0.4 is 5.32 Å². The van der Waals surface area contributed by atoms with Crippen LogP contribution in [0.1, 0.15) is 24.8 Å². The maximum absolute atomic E-state index is 12.9. The Morgan fingerprint density at radius 1 is 1.12 bits per heavy atom. The first kappa shape index (κ1) is 17.6. The number of rotatable bonds is 3. The van der Waals surface area contributed by atoms with Crippen molar-refractivity contribution in [1.29, 1.82) is 0 Å². The van der Waals surface area contributed by atoms with Gasteiger partial charge in [0.05, 0.1) is 11.3 Å². The predicted molar refractivity (Wildman–Crippen MR) is 97.8 cm³/mol. The zero-order valence-corrected chi connectivity index (χ0v) is 15.0. The average molecular weight is 368 g/mol. The number of pyridine rings is 1. The molecule has 2 saturated heterocycles. The van der Waals surface area contributed by atoms with Crippen LogP contribution in [0.3, 0.4) is 0 Å². The van der Waals surface area contributed by atoms with Crippen LogP contribution in [-0.2, 0) is 15.8 Å². The normalized spacial score (nSPS) is 24.5. The van der Waals surface area contributed by atoms with Crippen LogP contribution in [-0.4, -0.2) is 42.9 Å². The van der Waals surface area contributed by atoms with Crippen LogP contribution in [0, 0.1) is 0 Å². The highest BCUT2D eigenvalue weighted by Gasteiger charge is 2.34. The number of halogens is 1. The lowest BCUT2D eigenvalue weighted by Crippen LogP contribution is -2.39. The van der Waals surface area contributed by atoms with Gasteiger partial charge in [-0.15, -0.1) is 12.4 Å². The molecule has 1 aromatic carbocycles. The molecule has 3 heterocycles. The summed E-state index contributed by atoms with van der Waals surface area (Å²) >= 11 is 0. The van der Waals surface area contributed by atoms with Gasteiger partial charge < -0.3 is 5.32 Å². The molecule has 0 spiro atoms. The van der Waals surface area contributed by atoms with Crippen LogP contribution >= 0.6 is 12.4 Å². The Labute approximate surface area is 148 Å². The lowest BCUT2D eigenvalue weighted by atomic mass is 10.1. The Kier molecular flexibility index (Phi) is 5.11. The highest BCUT2D eigenvalue weighted by Crippen LogP contribution is 2.25. The molecule has 24 heavy (non-hydrogen) atoms. The van der Waals surface area contributed by atoms with Crippen molar-refractivity contribution in [3.05, 3.63) is 42.1 Å². The first-order chi connectivity index (χ1) is 11.1. The van der Waals surface area contributed by atoms with Gasteiger partial charge in [-0.25, -0.2) is 12.7 Å². The van der Waals surface area contributed by atoms with Gasteiger partial charge in [-0.05, 0) is 30.9 Å². The second-order valence-corrected chi connectivity index (χ2v) is 8.50. The topological polar surface area (TPSA) is 62.3 Å². The van der Waals surface area contributed by atoms with E-state index < -0.39 is 10.0 Å². The molecule has 2 unspecified atom stereocenters. The fourth-order valence-electron chi connectivity index (χ4n) is 3.74. The third-order valence-electron chi connectivity index (χ3n) is 4.93. The fraction of sp³-hybridized carbons (Fsp3) is 0.471. The van der Waals surface area contributed by atoms with Crippen molar-refractivity contribution in [2.75, 3.05) is 13.1 Å². The van der Waals surface area contributed by atoms with Crippen LogP contribution in [0.25, 0.3) is 10.9 Å². The van der Waals surface area contributed by atoms with Crippen LogP contribution in [0.5, 0.6) is 0 Å². The van der Waals surface area contributed by atoms with Crippen molar-refractivity contribution in [2.45, 2.75) is 37.1 Å². The number of fused-ring (bicyclic) bond motifs is 3. The lowest BCUT2D eigenvalue weighted by Gasteiger charge is -2.23. The van der Waals surface area contributed by atoms with Gasteiger partial charge in [0, 0.05) is 36.8 Å². The van der Waals surface area contributed by atoms with E-state index in [-0.39, 0.29) is 18.2 Å². The van der Waals surface area contributed by atoms with Crippen LogP contribution in [0.15, 0.2) is 36.5 Å². The SMILES string of the molecule is Cl.O=S(=O)(Cc1cccc2cccnc12)N1CCC2CCC(C1)N2. The highest BCUT2D eigenvalue weighted by molar-refractivity contribution is 7.88. The lowest BCUT2D eigenvalue weighted by molar-refractivity contribution is 0.383. The predicted octanol–water partition coefficient (Wildman–Crippen LogP) is 2.31. The minimum Gasteiger partial charge on any atom is -0.310 e. The van der Waals surface area contributed by atoms with E-state index in [2.05, 4.69) is 10.3 Å². The van der Waals surface area contributed by atoms with E-state index in [0.717, 1.165) is 29.3 Å². The van der Waals surface area contributed by atoms with E-state index in [1.165, 1.54) is 6.42 Å². The number of hydrogen-bond acceptors (Lipinski definition) is 4. The first-order valence-corrected chi connectivity index (χ1v) is 9.79. The van der Waals surface area contributed by atoms with E-state index in [0.29, 0.717) is 25.2 Å². The molecule has 2 aliphatic heterocycles. The summed E-state index contributed by atoms with van der Waals surface area (Å²) in [5.74, 6) is 0.0265. The molecule has 4 rings (SSSR count). The van der Waals surface area contributed by atoms with Crippen molar-refractivity contribution in [3.63, 3.8) is 0 Å². The third kappa shape index (κ3) is 3.42. The van der Waals surface area contributed by atoms with Gasteiger partial charge in [-0.3, -0.25) is 4.98 Å². The third-order valence-corrected chi connectivity index (χ3v) is 6.73. The van der Waals surface area contributed by atoms with Crippen molar-refractivity contribution in [1.82, 2.24) is 14.6 Å². The van der Waals surface area contributed by atoms with E-state index in [9.17, 15) is 8.42 Å². The summed E-state index contributed by atoms with van der Waals surface area (Å²) < 4.78 is 27.5. The molecule has 5 nitrogen and oxygen atoms in total. The number of benzene rings is 1. The highest BCUT2D eigenvalue weighted by atomic mass is 35.5. The Balaban J connectivity index is 0.00000169. The summed E-state index contributed by atoms with van der Waals surface area (Å²) in [5.41, 5.74) is 1.57. The Bertz CT molecular complexity index is 822. The number of aromatic nitrogens is 1. The minimum atomic E-state index is -3.32. The van der Waals surface area contributed by atoms with Crippen molar-refractivity contribution >= 4 is 33.3 Å². The summed E-state index contributed by atoms with van der Waals surface area (Å²) in [6, 6.07) is 10.4. The summed E-state index contributed by atoms with van der Waals surface area (Å²) in [6.07, 6.45) is 4.87.